The second-order valence-corrected chi connectivity index (χ2v) is 9.57. The Labute approximate surface area is 174 Å². The second-order valence-electron chi connectivity index (χ2n) is 7.13. The molecule has 1 atom stereocenters. The molecule has 4 rings (SSSR count). The molecule has 1 saturated heterocycles. The second kappa shape index (κ2) is 8.17. The lowest BCUT2D eigenvalue weighted by molar-refractivity contribution is -0.120. The number of carbonyl (C=O) groups excluding carboxylic acids is 1. The van der Waals surface area contributed by atoms with E-state index in [-0.39, 0.29) is 17.3 Å². The number of amides is 1. The molecule has 152 valence electrons. The summed E-state index contributed by atoms with van der Waals surface area (Å²) in [6, 6.07) is 12.7. The maximum absolute atomic E-state index is 13.2. The van der Waals surface area contributed by atoms with E-state index in [1.807, 2.05) is 24.3 Å². The highest BCUT2D eigenvalue weighted by molar-refractivity contribution is 7.89. The van der Waals surface area contributed by atoms with E-state index >= 15 is 0 Å². The van der Waals surface area contributed by atoms with Gasteiger partial charge in [-0.2, -0.15) is 13.1 Å². The summed E-state index contributed by atoms with van der Waals surface area (Å²) >= 11 is 0.992. The van der Waals surface area contributed by atoms with Gasteiger partial charge in [0.15, 0.2) is 0 Å². The molecule has 7 nitrogen and oxygen atoms in total. The average molecular weight is 431 g/mol. The van der Waals surface area contributed by atoms with E-state index in [2.05, 4.69) is 21.0 Å². The van der Waals surface area contributed by atoms with Crippen LogP contribution < -0.4 is 5.32 Å². The minimum Gasteiger partial charge on any atom is -0.326 e. The zero-order chi connectivity index (χ0) is 20.4. The molecule has 3 aromatic rings. The molecule has 0 unspecified atom stereocenters. The maximum Gasteiger partial charge on any atom is 0.245 e. The number of nitrogens with one attached hydrogen (secondary N) is 1. The predicted octanol–water partition coefficient (Wildman–Crippen LogP) is 3.29. The molecular weight excluding hydrogens is 408 g/mol. The summed E-state index contributed by atoms with van der Waals surface area (Å²) in [6.07, 6.45) is 2.18. The van der Waals surface area contributed by atoms with Crippen LogP contribution in [0.25, 0.3) is 11.0 Å². The van der Waals surface area contributed by atoms with Crippen molar-refractivity contribution in [3.63, 3.8) is 0 Å². The highest BCUT2D eigenvalue weighted by atomic mass is 32.2. The van der Waals surface area contributed by atoms with Crippen LogP contribution in [-0.2, 0) is 21.2 Å². The maximum atomic E-state index is 13.2. The molecule has 1 N–H and O–H groups in total. The Kier molecular flexibility index (Phi) is 5.62. The molecular formula is C20H22N4O3S2. The first kappa shape index (κ1) is 19.9. The summed E-state index contributed by atoms with van der Waals surface area (Å²) < 4.78 is 36.2. The number of carbonyl (C=O) groups is 1. The number of anilines is 1. The van der Waals surface area contributed by atoms with E-state index in [9.17, 15) is 13.2 Å². The number of aryl methyl sites for hydroxylation is 1. The number of sulfonamides is 1. The Morgan fingerprint density at radius 3 is 2.90 bits per heavy atom. The van der Waals surface area contributed by atoms with Gasteiger partial charge in [0.2, 0.25) is 15.9 Å². The molecule has 0 radical (unpaired) electrons. The number of benzene rings is 2. The van der Waals surface area contributed by atoms with E-state index in [1.54, 1.807) is 18.2 Å². The van der Waals surface area contributed by atoms with E-state index in [0.717, 1.165) is 29.4 Å². The standard InChI is InChI=1S/C20H22N4O3S2/c1-2-14-6-3-8-16(12-14)21-20(25)15-7-5-11-24(13-15)29(26,27)18-10-4-9-17-19(18)23-28-22-17/h3-4,6,8-10,12,15H,2,5,7,11,13H2,1H3,(H,21,25)/t15-/m1/s1. The summed E-state index contributed by atoms with van der Waals surface area (Å²) in [5.41, 5.74) is 2.84. The Bertz CT molecular complexity index is 1140. The first-order valence-corrected chi connectivity index (χ1v) is 11.8. The van der Waals surface area contributed by atoms with Crippen LogP contribution in [0.15, 0.2) is 47.4 Å². The van der Waals surface area contributed by atoms with Crippen LogP contribution in [0, 0.1) is 5.92 Å². The highest BCUT2D eigenvalue weighted by Gasteiger charge is 2.34. The van der Waals surface area contributed by atoms with Crippen molar-refractivity contribution >= 4 is 44.4 Å². The van der Waals surface area contributed by atoms with Crippen molar-refractivity contribution in [3.05, 3.63) is 48.0 Å². The number of aromatic nitrogens is 2. The van der Waals surface area contributed by atoms with Gasteiger partial charge in [0.05, 0.1) is 17.6 Å². The number of rotatable bonds is 5. The summed E-state index contributed by atoms with van der Waals surface area (Å²) in [7, 11) is -3.75. The zero-order valence-corrected chi connectivity index (χ0v) is 17.7. The fourth-order valence-corrected chi connectivity index (χ4v) is 5.89. The van der Waals surface area contributed by atoms with Crippen molar-refractivity contribution in [3.8, 4) is 0 Å². The largest absolute Gasteiger partial charge is 0.326 e. The quantitative estimate of drug-likeness (QED) is 0.671. The molecule has 1 fully saturated rings. The molecule has 9 heteroatoms. The van der Waals surface area contributed by atoms with Gasteiger partial charge in [-0.25, -0.2) is 8.42 Å². The predicted molar refractivity (Wildman–Crippen MR) is 113 cm³/mol. The molecule has 1 aliphatic heterocycles. The van der Waals surface area contributed by atoms with Gasteiger partial charge in [0.1, 0.15) is 15.9 Å². The van der Waals surface area contributed by atoms with Crippen molar-refractivity contribution in [2.75, 3.05) is 18.4 Å². The topological polar surface area (TPSA) is 92.3 Å². The van der Waals surface area contributed by atoms with Crippen LogP contribution in [0.3, 0.4) is 0 Å². The van der Waals surface area contributed by atoms with E-state index in [4.69, 9.17) is 0 Å². The monoisotopic (exact) mass is 430 g/mol. The van der Waals surface area contributed by atoms with Gasteiger partial charge in [0, 0.05) is 18.8 Å². The molecule has 29 heavy (non-hydrogen) atoms. The summed E-state index contributed by atoms with van der Waals surface area (Å²) in [5.74, 6) is -0.539. The van der Waals surface area contributed by atoms with Gasteiger partial charge in [-0.05, 0) is 49.1 Å². The highest BCUT2D eigenvalue weighted by Crippen LogP contribution is 2.28. The normalized spacial score (nSPS) is 18.0. The first-order chi connectivity index (χ1) is 14.0. The van der Waals surface area contributed by atoms with Crippen LogP contribution in [0.2, 0.25) is 0 Å². The smallest absolute Gasteiger partial charge is 0.245 e. The SMILES string of the molecule is CCc1cccc(NC(=O)[C@@H]2CCCN(S(=O)(=O)c3cccc4nsnc34)C2)c1. The van der Waals surface area contributed by atoms with Crippen LogP contribution in [0.5, 0.6) is 0 Å². The molecule has 1 aliphatic rings. The van der Waals surface area contributed by atoms with E-state index in [0.29, 0.717) is 30.4 Å². The molecule has 0 saturated carbocycles. The molecule has 2 heterocycles. The zero-order valence-electron chi connectivity index (χ0n) is 16.0. The number of nitrogens with zero attached hydrogens (tertiary/aromatic N) is 3. The lowest BCUT2D eigenvalue weighted by Gasteiger charge is -2.31. The lowest BCUT2D eigenvalue weighted by Crippen LogP contribution is -2.43. The molecule has 1 amide bonds. The van der Waals surface area contributed by atoms with Crippen LogP contribution in [0.1, 0.15) is 25.3 Å². The van der Waals surface area contributed by atoms with E-state index in [1.165, 1.54) is 4.31 Å². The van der Waals surface area contributed by atoms with Gasteiger partial charge < -0.3 is 5.32 Å². The van der Waals surface area contributed by atoms with Gasteiger partial charge >= 0.3 is 0 Å². The minimum atomic E-state index is -3.75. The third kappa shape index (κ3) is 4.03. The minimum absolute atomic E-state index is 0.147. The fraction of sp³-hybridized carbons (Fsp3) is 0.350. The van der Waals surface area contributed by atoms with Crippen molar-refractivity contribution in [2.24, 2.45) is 5.92 Å². The number of hydrogen-bond acceptors (Lipinski definition) is 6. The van der Waals surface area contributed by atoms with E-state index < -0.39 is 15.9 Å². The van der Waals surface area contributed by atoms with Crippen LogP contribution in [-0.4, -0.2) is 40.5 Å². The Hall–Kier alpha value is -2.36. The third-order valence-corrected chi connectivity index (χ3v) is 7.66. The summed E-state index contributed by atoms with van der Waals surface area (Å²) in [6.45, 7) is 2.62. The van der Waals surface area contributed by atoms with Crippen molar-refractivity contribution in [1.29, 1.82) is 0 Å². The van der Waals surface area contributed by atoms with Gasteiger partial charge in [-0.1, -0.05) is 25.1 Å². The average Bonchev–Trinajstić information content (AvgIpc) is 3.22. The van der Waals surface area contributed by atoms with Gasteiger partial charge in [0.25, 0.3) is 0 Å². The summed E-state index contributed by atoms with van der Waals surface area (Å²) in [5, 5.41) is 2.94. The van der Waals surface area contributed by atoms with Crippen LogP contribution in [0.4, 0.5) is 5.69 Å². The molecule has 0 bridgehead atoms. The fourth-order valence-electron chi connectivity index (χ4n) is 3.62. The molecule has 1 aromatic heterocycles. The molecule has 0 spiro atoms. The van der Waals surface area contributed by atoms with Crippen molar-refractivity contribution < 1.29 is 13.2 Å². The molecule has 0 aliphatic carbocycles. The van der Waals surface area contributed by atoms with Gasteiger partial charge in [-0.15, -0.1) is 0 Å². The van der Waals surface area contributed by atoms with Crippen molar-refractivity contribution in [1.82, 2.24) is 13.1 Å². The number of fused-ring (bicyclic) bond motifs is 1. The Balaban J connectivity index is 1.53. The Morgan fingerprint density at radius 1 is 1.24 bits per heavy atom. The van der Waals surface area contributed by atoms with Crippen LogP contribution >= 0.6 is 11.7 Å². The summed E-state index contributed by atoms with van der Waals surface area (Å²) in [4.78, 5) is 12.9. The Morgan fingerprint density at radius 2 is 2.07 bits per heavy atom. The van der Waals surface area contributed by atoms with Crippen molar-refractivity contribution in [2.45, 2.75) is 31.1 Å². The molecule has 2 aromatic carbocycles. The first-order valence-electron chi connectivity index (χ1n) is 9.60. The number of hydrogen-bond donors (Lipinski definition) is 1. The third-order valence-electron chi connectivity index (χ3n) is 5.22. The lowest BCUT2D eigenvalue weighted by atomic mass is 9.98. The van der Waals surface area contributed by atoms with Gasteiger partial charge in [-0.3, -0.25) is 4.79 Å². The number of piperidine rings is 1.